The number of aromatic hydroxyl groups is 1. The highest BCUT2D eigenvalue weighted by Gasteiger charge is 2.16. The smallest absolute Gasteiger partial charge is 0.124 e. The Morgan fingerprint density at radius 1 is 1.00 bits per heavy atom. The molecule has 3 rings (SSSR count). The van der Waals surface area contributed by atoms with Gasteiger partial charge >= 0.3 is 0 Å². The van der Waals surface area contributed by atoms with Gasteiger partial charge in [-0.05, 0) is 31.5 Å². The Hall–Kier alpha value is -2.33. The molecule has 1 N–H and O–H groups in total. The Morgan fingerprint density at radius 3 is 2.33 bits per heavy atom. The quantitative estimate of drug-likeness (QED) is 0.878. The van der Waals surface area contributed by atoms with Gasteiger partial charge in [-0.15, -0.1) is 0 Å². The molecule has 1 heterocycles. The lowest BCUT2D eigenvalue weighted by Gasteiger charge is -2.33. The molecule has 0 radical (unpaired) electrons. The first-order valence-electron chi connectivity index (χ1n) is 8.48. The monoisotopic (exact) mass is 323 g/mol. The molecule has 1 aliphatic heterocycles. The first-order chi connectivity index (χ1) is 11.6. The van der Waals surface area contributed by atoms with Crippen LogP contribution in [0, 0.1) is 6.92 Å². The second-order valence-electron chi connectivity index (χ2n) is 6.42. The van der Waals surface area contributed by atoms with Crippen LogP contribution in [0.3, 0.4) is 0 Å². The van der Waals surface area contributed by atoms with Crippen LogP contribution in [0.25, 0.3) is 0 Å². The number of piperazine rings is 1. The van der Waals surface area contributed by atoms with Crippen LogP contribution in [0.5, 0.6) is 5.75 Å². The third-order valence-corrected chi connectivity index (χ3v) is 4.46. The van der Waals surface area contributed by atoms with E-state index in [1.54, 1.807) is 6.07 Å². The molecule has 24 heavy (non-hydrogen) atoms. The molecule has 0 spiro atoms. The van der Waals surface area contributed by atoms with Crippen molar-refractivity contribution in [1.82, 2.24) is 9.91 Å². The van der Waals surface area contributed by atoms with Gasteiger partial charge in [-0.25, -0.2) is 0 Å². The van der Waals surface area contributed by atoms with Gasteiger partial charge in [-0.2, -0.15) is 5.10 Å². The largest absolute Gasteiger partial charge is 0.507 e. The van der Waals surface area contributed by atoms with Gasteiger partial charge in [0.05, 0.1) is 5.71 Å². The molecule has 2 aromatic carbocycles. The van der Waals surface area contributed by atoms with Gasteiger partial charge in [0.1, 0.15) is 5.75 Å². The summed E-state index contributed by atoms with van der Waals surface area (Å²) in [5, 5.41) is 16.7. The number of phenols is 1. The lowest BCUT2D eigenvalue weighted by Crippen LogP contribution is -2.43. The van der Waals surface area contributed by atoms with Crippen molar-refractivity contribution >= 4 is 5.71 Å². The summed E-state index contributed by atoms with van der Waals surface area (Å²) < 4.78 is 0. The number of para-hydroxylation sites is 1. The minimum absolute atomic E-state index is 0.289. The number of aryl methyl sites for hydroxylation is 1. The van der Waals surface area contributed by atoms with Crippen molar-refractivity contribution in [2.24, 2.45) is 5.10 Å². The van der Waals surface area contributed by atoms with Crippen LogP contribution in [0.4, 0.5) is 0 Å². The predicted octanol–water partition coefficient (Wildman–Crippen LogP) is 3.24. The van der Waals surface area contributed by atoms with Crippen molar-refractivity contribution in [2.45, 2.75) is 20.4 Å². The zero-order chi connectivity index (χ0) is 16.9. The molecule has 4 heteroatoms. The second-order valence-corrected chi connectivity index (χ2v) is 6.42. The summed E-state index contributed by atoms with van der Waals surface area (Å²) in [7, 11) is 0. The number of benzene rings is 2. The first kappa shape index (κ1) is 16.5. The predicted molar refractivity (Wildman–Crippen MR) is 98.3 cm³/mol. The van der Waals surface area contributed by atoms with Crippen molar-refractivity contribution in [3.8, 4) is 5.75 Å². The Balaban J connectivity index is 1.56. The summed E-state index contributed by atoms with van der Waals surface area (Å²) in [6.07, 6.45) is 0. The summed E-state index contributed by atoms with van der Waals surface area (Å²) in [4.78, 5) is 2.46. The Kier molecular flexibility index (Phi) is 5.16. The number of hydrazone groups is 1. The van der Waals surface area contributed by atoms with E-state index >= 15 is 0 Å². The molecule has 0 amide bonds. The molecule has 1 fully saturated rings. The molecule has 2 aromatic rings. The Bertz CT molecular complexity index is 701. The highest BCUT2D eigenvalue weighted by Crippen LogP contribution is 2.17. The molecule has 0 saturated carbocycles. The van der Waals surface area contributed by atoms with Gasteiger partial charge in [0.2, 0.25) is 0 Å². The summed E-state index contributed by atoms with van der Waals surface area (Å²) >= 11 is 0. The summed E-state index contributed by atoms with van der Waals surface area (Å²) in [6.45, 7) is 8.90. The molecular formula is C20H25N3O. The van der Waals surface area contributed by atoms with Gasteiger partial charge in [-0.1, -0.05) is 42.0 Å². The minimum Gasteiger partial charge on any atom is -0.507 e. The second kappa shape index (κ2) is 7.49. The topological polar surface area (TPSA) is 39.1 Å². The summed E-state index contributed by atoms with van der Waals surface area (Å²) in [6, 6.07) is 16.1. The molecule has 0 aliphatic carbocycles. The summed E-state index contributed by atoms with van der Waals surface area (Å²) in [5.41, 5.74) is 4.33. The molecular weight excluding hydrogens is 298 g/mol. The SMILES string of the molecule is C/C(=N\N1CCN(Cc2ccc(C)cc2)CC1)c1ccccc1O. The highest BCUT2D eigenvalue weighted by atomic mass is 16.3. The van der Waals surface area contributed by atoms with E-state index in [1.807, 2.05) is 25.1 Å². The maximum Gasteiger partial charge on any atom is 0.124 e. The third kappa shape index (κ3) is 4.15. The molecule has 0 aromatic heterocycles. The normalized spacial score (nSPS) is 16.4. The van der Waals surface area contributed by atoms with E-state index in [0.717, 1.165) is 44.0 Å². The van der Waals surface area contributed by atoms with Crippen LogP contribution in [0.1, 0.15) is 23.6 Å². The number of phenolic OH excluding ortho intramolecular Hbond substituents is 1. The van der Waals surface area contributed by atoms with Crippen molar-refractivity contribution in [3.05, 3.63) is 65.2 Å². The van der Waals surface area contributed by atoms with E-state index in [0.29, 0.717) is 0 Å². The minimum atomic E-state index is 0.289. The van der Waals surface area contributed by atoms with Crippen molar-refractivity contribution in [1.29, 1.82) is 0 Å². The van der Waals surface area contributed by atoms with Gasteiger partial charge in [0.25, 0.3) is 0 Å². The lowest BCUT2D eigenvalue weighted by atomic mass is 10.1. The molecule has 1 aliphatic rings. The lowest BCUT2D eigenvalue weighted by molar-refractivity contribution is 0.130. The molecule has 0 bridgehead atoms. The van der Waals surface area contributed by atoms with Crippen molar-refractivity contribution < 1.29 is 5.11 Å². The standard InChI is InChI=1S/C20H25N3O/c1-16-7-9-18(10-8-16)15-22-11-13-23(14-12-22)21-17(2)19-5-3-4-6-20(19)24/h3-10,24H,11-15H2,1-2H3/b21-17+. The molecule has 126 valence electrons. The highest BCUT2D eigenvalue weighted by molar-refractivity contribution is 6.00. The number of rotatable bonds is 4. The number of nitrogens with zero attached hydrogens (tertiary/aromatic N) is 3. The van der Waals surface area contributed by atoms with Gasteiger partial charge in [-0.3, -0.25) is 9.91 Å². The van der Waals surface area contributed by atoms with Crippen LogP contribution in [0.2, 0.25) is 0 Å². The summed E-state index contributed by atoms with van der Waals surface area (Å²) in [5.74, 6) is 0.289. The fourth-order valence-electron chi connectivity index (χ4n) is 2.99. The fourth-order valence-corrected chi connectivity index (χ4v) is 2.99. The van der Waals surface area contributed by atoms with E-state index in [4.69, 9.17) is 0 Å². The Morgan fingerprint density at radius 2 is 1.67 bits per heavy atom. The molecule has 0 unspecified atom stereocenters. The molecule has 1 saturated heterocycles. The van der Waals surface area contributed by atoms with Gasteiger partial charge in [0.15, 0.2) is 0 Å². The fraction of sp³-hybridized carbons (Fsp3) is 0.350. The van der Waals surface area contributed by atoms with Crippen molar-refractivity contribution in [2.75, 3.05) is 26.2 Å². The molecule has 0 atom stereocenters. The van der Waals surface area contributed by atoms with E-state index in [1.165, 1.54) is 11.1 Å². The van der Waals surface area contributed by atoms with Crippen LogP contribution in [-0.4, -0.2) is 46.9 Å². The number of hydrogen-bond acceptors (Lipinski definition) is 4. The zero-order valence-corrected chi connectivity index (χ0v) is 14.4. The zero-order valence-electron chi connectivity index (χ0n) is 14.4. The van der Waals surface area contributed by atoms with Gasteiger partial charge in [0, 0.05) is 38.3 Å². The van der Waals surface area contributed by atoms with E-state index in [-0.39, 0.29) is 5.75 Å². The first-order valence-corrected chi connectivity index (χ1v) is 8.48. The maximum atomic E-state index is 9.93. The van der Waals surface area contributed by atoms with E-state index in [9.17, 15) is 5.11 Å². The van der Waals surface area contributed by atoms with Crippen LogP contribution in [0.15, 0.2) is 53.6 Å². The third-order valence-electron chi connectivity index (χ3n) is 4.46. The van der Waals surface area contributed by atoms with E-state index in [2.05, 4.69) is 46.2 Å². The Labute approximate surface area is 144 Å². The van der Waals surface area contributed by atoms with Crippen LogP contribution < -0.4 is 0 Å². The average Bonchev–Trinajstić information content (AvgIpc) is 2.59. The van der Waals surface area contributed by atoms with Crippen LogP contribution >= 0.6 is 0 Å². The number of hydrogen-bond donors (Lipinski definition) is 1. The maximum absolute atomic E-state index is 9.93. The molecule has 4 nitrogen and oxygen atoms in total. The van der Waals surface area contributed by atoms with E-state index < -0.39 is 0 Å². The van der Waals surface area contributed by atoms with Crippen molar-refractivity contribution in [3.63, 3.8) is 0 Å². The average molecular weight is 323 g/mol. The van der Waals surface area contributed by atoms with Crippen LogP contribution in [-0.2, 0) is 6.54 Å². The van der Waals surface area contributed by atoms with Gasteiger partial charge < -0.3 is 5.11 Å².